The molecule has 4 heteroatoms. The lowest BCUT2D eigenvalue weighted by Crippen LogP contribution is -2.27. The minimum atomic E-state index is -1.11. The Morgan fingerprint density at radius 3 is 2.03 bits per heavy atom. The Labute approximate surface area is 193 Å². The summed E-state index contributed by atoms with van der Waals surface area (Å²) in [4.78, 5) is 0. The van der Waals surface area contributed by atoms with E-state index in [0.29, 0.717) is 12.5 Å². The van der Waals surface area contributed by atoms with Crippen molar-refractivity contribution < 1.29 is 13.5 Å². The summed E-state index contributed by atoms with van der Waals surface area (Å²) in [7, 11) is 0. The highest BCUT2D eigenvalue weighted by Gasteiger charge is 2.31. The highest BCUT2D eigenvalue weighted by Crippen LogP contribution is 2.42. The standard InChI is InChI=1S/C28H41F2NO/c1-2-3-4-5-6-7-8-21-9-13-23(14-10-21)24-15-11-22(12-16-24)20-32-26-18-17-25(19-31)27(29)28(26)30/h17-18,21-24H,2-16,20H2,1H3/t21-,22-,23-,24-. The topological polar surface area (TPSA) is 33.0 Å². The summed E-state index contributed by atoms with van der Waals surface area (Å²) < 4.78 is 33.4. The van der Waals surface area contributed by atoms with Gasteiger partial charge in [0.25, 0.3) is 0 Å². The number of halogens is 2. The van der Waals surface area contributed by atoms with Gasteiger partial charge in [0.2, 0.25) is 5.82 Å². The number of hydrogen-bond donors (Lipinski definition) is 0. The quantitative estimate of drug-likeness (QED) is 0.320. The largest absolute Gasteiger partial charge is 0.490 e. The Morgan fingerprint density at radius 1 is 0.812 bits per heavy atom. The van der Waals surface area contributed by atoms with Crippen LogP contribution in [0, 0.1) is 46.6 Å². The van der Waals surface area contributed by atoms with Crippen LogP contribution in [0.5, 0.6) is 5.75 Å². The lowest BCUT2D eigenvalue weighted by Gasteiger charge is -2.38. The van der Waals surface area contributed by atoms with Crippen molar-refractivity contribution in [3.63, 3.8) is 0 Å². The summed E-state index contributed by atoms with van der Waals surface area (Å²) in [5.41, 5.74) is -0.281. The Morgan fingerprint density at radius 2 is 1.41 bits per heavy atom. The average molecular weight is 446 g/mol. The normalized spacial score (nSPS) is 25.9. The third-order valence-corrected chi connectivity index (χ3v) is 8.06. The average Bonchev–Trinajstić information content (AvgIpc) is 2.83. The maximum absolute atomic E-state index is 14.0. The Kier molecular flexibility index (Phi) is 10.3. The number of unbranched alkanes of at least 4 members (excludes halogenated alkanes) is 5. The molecule has 0 heterocycles. The van der Waals surface area contributed by atoms with Gasteiger partial charge in [0.15, 0.2) is 11.6 Å². The second-order valence-corrected chi connectivity index (χ2v) is 10.3. The van der Waals surface area contributed by atoms with Crippen LogP contribution in [0.4, 0.5) is 8.78 Å². The molecule has 0 atom stereocenters. The van der Waals surface area contributed by atoms with Gasteiger partial charge in [-0.1, -0.05) is 64.7 Å². The molecule has 2 aliphatic carbocycles. The zero-order chi connectivity index (χ0) is 22.8. The summed E-state index contributed by atoms with van der Waals surface area (Å²) in [6, 6.07) is 4.31. The first kappa shape index (κ1) is 25.0. The van der Waals surface area contributed by atoms with Crippen LogP contribution < -0.4 is 4.74 Å². The lowest BCUT2D eigenvalue weighted by molar-refractivity contribution is 0.120. The van der Waals surface area contributed by atoms with Gasteiger partial charge in [-0.15, -0.1) is 0 Å². The molecule has 3 rings (SSSR count). The third kappa shape index (κ3) is 7.19. The van der Waals surface area contributed by atoms with E-state index >= 15 is 0 Å². The first-order chi connectivity index (χ1) is 15.6. The van der Waals surface area contributed by atoms with Crippen molar-refractivity contribution in [2.45, 2.75) is 103 Å². The minimum Gasteiger partial charge on any atom is -0.490 e. The summed E-state index contributed by atoms with van der Waals surface area (Å²) in [6.45, 7) is 2.71. The Balaban J connectivity index is 1.31. The lowest BCUT2D eigenvalue weighted by atomic mass is 9.69. The van der Waals surface area contributed by atoms with Crippen LogP contribution in [0.3, 0.4) is 0 Å². The van der Waals surface area contributed by atoms with E-state index in [4.69, 9.17) is 10.00 Å². The number of hydrogen-bond acceptors (Lipinski definition) is 2. The molecule has 0 bridgehead atoms. The van der Waals surface area contributed by atoms with Crippen molar-refractivity contribution in [1.29, 1.82) is 5.26 Å². The van der Waals surface area contributed by atoms with Gasteiger partial charge in [0, 0.05) is 0 Å². The molecule has 0 spiro atoms. The molecule has 178 valence electrons. The maximum Gasteiger partial charge on any atom is 0.201 e. The van der Waals surface area contributed by atoms with E-state index in [-0.39, 0.29) is 11.3 Å². The third-order valence-electron chi connectivity index (χ3n) is 8.06. The Hall–Kier alpha value is -1.63. The molecule has 0 saturated heterocycles. The van der Waals surface area contributed by atoms with Gasteiger partial charge in [0.05, 0.1) is 12.2 Å². The molecule has 32 heavy (non-hydrogen) atoms. The van der Waals surface area contributed by atoms with Gasteiger partial charge < -0.3 is 4.74 Å². The highest BCUT2D eigenvalue weighted by molar-refractivity contribution is 5.37. The summed E-state index contributed by atoms with van der Waals surface area (Å²) in [5, 5.41) is 8.79. The summed E-state index contributed by atoms with van der Waals surface area (Å²) in [5.74, 6) is 0.870. The molecule has 2 saturated carbocycles. The molecule has 2 fully saturated rings. The van der Waals surface area contributed by atoms with Gasteiger partial charge in [-0.3, -0.25) is 0 Å². The smallest absolute Gasteiger partial charge is 0.201 e. The van der Waals surface area contributed by atoms with Gasteiger partial charge in [-0.25, -0.2) is 4.39 Å². The molecule has 2 nitrogen and oxygen atoms in total. The molecule has 0 radical (unpaired) electrons. The van der Waals surface area contributed by atoms with Crippen molar-refractivity contribution in [3.05, 3.63) is 29.3 Å². The van der Waals surface area contributed by atoms with E-state index < -0.39 is 11.6 Å². The van der Waals surface area contributed by atoms with Crippen LogP contribution in [-0.2, 0) is 0 Å². The van der Waals surface area contributed by atoms with Crippen LogP contribution in [0.2, 0.25) is 0 Å². The predicted octanol–water partition coefficient (Wildman–Crippen LogP) is 8.58. The van der Waals surface area contributed by atoms with Crippen LogP contribution >= 0.6 is 0 Å². The van der Waals surface area contributed by atoms with Crippen molar-refractivity contribution in [3.8, 4) is 11.8 Å². The van der Waals surface area contributed by atoms with Crippen molar-refractivity contribution >= 4 is 0 Å². The molecular weight excluding hydrogens is 404 g/mol. The van der Waals surface area contributed by atoms with Crippen molar-refractivity contribution in [2.24, 2.45) is 23.7 Å². The van der Waals surface area contributed by atoms with Crippen LogP contribution in [0.15, 0.2) is 12.1 Å². The molecule has 0 aromatic heterocycles. The fourth-order valence-corrected chi connectivity index (χ4v) is 5.93. The highest BCUT2D eigenvalue weighted by atomic mass is 19.2. The zero-order valence-corrected chi connectivity index (χ0v) is 19.9. The fraction of sp³-hybridized carbons (Fsp3) is 0.750. The number of rotatable bonds is 11. The van der Waals surface area contributed by atoms with Gasteiger partial charge in [0.1, 0.15) is 6.07 Å². The Bertz CT molecular complexity index is 728. The van der Waals surface area contributed by atoms with Crippen LogP contribution in [0.25, 0.3) is 0 Å². The van der Waals surface area contributed by atoms with Gasteiger partial charge >= 0.3 is 0 Å². The first-order valence-electron chi connectivity index (χ1n) is 13.1. The van der Waals surface area contributed by atoms with E-state index in [0.717, 1.165) is 30.6 Å². The molecule has 1 aromatic carbocycles. The molecule has 1 aromatic rings. The maximum atomic E-state index is 14.0. The SMILES string of the molecule is CCCCCCCC[C@H]1CC[C@H]([C@H]2CC[C@H](COc3ccc(C#N)c(F)c3F)CC2)CC1. The number of benzene rings is 1. The van der Waals surface area contributed by atoms with Crippen molar-refractivity contribution in [1.82, 2.24) is 0 Å². The van der Waals surface area contributed by atoms with Crippen molar-refractivity contribution in [2.75, 3.05) is 6.61 Å². The predicted molar refractivity (Wildman–Crippen MR) is 125 cm³/mol. The number of nitrogens with zero attached hydrogens (tertiary/aromatic N) is 1. The molecule has 0 aliphatic heterocycles. The van der Waals surface area contributed by atoms with Gasteiger partial charge in [-0.05, 0) is 74.3 Å². The molecule has 0 amide bonds. The number of nitriles is 1. The van der Waals surface area contributed by atoms with Crippen LogP contribution in [-0.4, -0.2) is 6.61 Å². The molecule has 2 aliphatic rings. The minimum absolute atomic E-state index is 0.0766. The molecular formula is C28H41F2NO. The summed E-state index contributed by atoms with van der Waals surface area (Å²) in [6.07, 6.45) is 20.2. The zero-order valence-electron chi connectivity index (χ0n) is 19.9. The van der Waals surface area contributed by atoms with E-state index in [2.05, 4.69) is 6.92 Å². The van der Waals surface area contributed by atoms with E-state index in [1.165, 1.54) is 95.6 Å². The van der Waals surface area contributed by atoms with Gasteiger partial charge in [-0.2, -0.15) is 9.65 Å². The van der Waals surface area contributed by atoms with E-state index in [1.54, 1.807) is 6.07 Å². The second-order valence-electron chi connectivity index (χ2n) is 10.3. The summed E-state index contributed by atoms with van der Waals surface area (Å²) >= 11 is 0. The first-order valence-corrected chi connectivity index (χ1v) is 13.1. The van der Waals surface area contributed by atoms with E-state index in [9.17, 15) is 8.78 Å². The molecule has 0 N–H and O–H groups in total. The van der Waals surface area contributed by atoms with E-state index in [1.807, 2.05) is 0 Å². The second kappa shape index (κ2) is 13.2. The number of ether oxygens (including phenoxy) is 1. The molecule has 0 unspecified atom stereocenters. The monoisotopic (exact) mass is 445 g/mol. The fourth-order valence-electron chi connectivity index (χ4n) is 5.93. The van der Waals surface area contributed by atoms with Crippen LogP contribution in [0.1, 0.15) is 109 Å².